The van der Waals surface area contributed by atoms with Gasteiger partial charge in [-0.05, 0) is 43.9 Å². The van der Waals surface area contributed by atoms with Crippen molar-refractivity contribution in [3.63, 3.8) is 0 Å². The van der Waals surface area contributed by atoms with Crippen molar-refractivity contribution in [3.05, 3.63) is 35.4 Å². The van der Waals surface area contributed by atoms with Gasteiger partial charge in [0.2, 0.25) is 0 Å². The summed E-state index contributed by atoms with van der Waals surface area (Å²) in [6.45, 7) is 5.27. The van der Waals surface area contributed by atoms with Gasteiger partial charge in [0.25, 0.3) is 0 Å². The van der Waals surface area contributed by atoms with Crippen molar-refractivity contribution in [2.24, 2.45) is 5.92 Å². The average Bonchev–Trinajstić information content (AvgIpc) is 2.43. The zero-order valence-corrected chi connectivity index (χ0v) is 12.5. The lowest BCUT2D eigenvalue weighted by Gasteiger charge is -2.30. The van der Waals surface area contributed by atoms with Crippen molar-refractivity contribution in [1.82, 2.24) is 5.32 Å². The summed E-state index contributed by atoms with van der Waals surface area (Å²) < 4.78 is 6.20. The second-order valence-corrected chi connectivity index (χ2v) is 5.83. The van der Waals surface area contributed by atoms with Crippen LogP contribution >= 0.6 is 0 Å². The van der Waals surface area contributed by atoms with Crippen molar-refractivity contribution in [1.29, 1.82) is 0 Å². The molecular formula is C17H27NO. The quantitative estimate of drug-likeness (QED) is 0.869. The van der Waals surface area contributed by atoms with E-state index in [0.29, 0.717) is 18.1 Å². The standard InChI is InChI=1S/C17H27NO/c1-13-8-4-6-10-15(13)16(18-3)12-19-17-11-7-5-9-14(17)2/h4,6,8,10,14,16-18H,5,7,9,11-12H2,1-3H3. The van der Waals surface area contributed by atoms with E-state index in [-0.39, 0.29) is 0 Å². The maximum Gasteiger partial charge on any atom is 0.0665 e. The van der Waals surface area contributed by atoms with Crippen molar-refractivity contribution in [2.75, 3.05) is 13.7 Å². The van der Waals surface area contributed by atoms with Crippen LogP contribution in [-0.4, -0.2) is 19.8 Å². The highest BCUT2D eigenvalue weighted by molar-refractivity contribution is 5.28. The average molecular weight is 261 g/mol. The van der Waals surface area contributed by atoms with Crippen molar-refractivity contribution < 1.29 is 4.74 Å². The van der Waals surface area contributed by atoms with Crippen LogP contribution in [0.5, 0.6) is 0 Å². The van der Waals surface area contributed by atoms with Crippen LogP contribution in [0.1, 0.15) is 49.8 Å². The third kappa shape index (κ3) is 3.80. The molecule has 2 rings (SSSR count). The molecule has 0 radical (unpaired) electrons. The molecule has 1 aliphatic rings. The van der Waals surface area contributed by atoms with Gasteiger partial charge >= 0.3 is 0 Å². The number of ether oxygens (including phenoxy) is 1. The molecule has 2 heteroatoms. The highest BCUT2D eigenvalue weighted by Gasteiger charge is 2.23. The van der Waals surface area contributed by atoms with Gasteiger partial charge in [-0.3, -0.25) is 0 Å². The van der Waals surface area contributed by atoms with Crippen molar-refractivity contribution in [3.8, 4) is 0 Å². The summed E-state index contributed by atoms with van der Waals surface area (Å²) in [6, 6.07) is 8.87. The van der Waals surface area contributed by atoms with E-state index in [2.05, 4.69) is 43.4 Å². The normalized spacial score (nSPS) is 25.2. The van der Waals surface area contributed by atoms with E-state index in [1.807, 2.05) is 7.05 Å². The molecule has 2 nitrogen and oxygen atoms in total. The number of aryl methyl sites for hydroxylation is 1. The third-order valence-corrected chi connectivity index (χ3v) is 4.42. The summed E-state index contributed by atoms with van der Waals surface area (Å²) >= 11 is 0. The molecule has 106 valence electrons. The largest absolute Gasteiger partial charge is 0.376 e. The lowest BCUT2D eigenvalue weighted by Crippen LogP contribution is -2.30. The Bertz CT molecular complexity index is 391. The minimum atomic E-state index is 0.301. The number of hydrogen-bond acceptors (Lipinski definition) is 2. The van der Waals surface area contributed by atoms with Gasteiger partial charge in [0.05, 0.1) is 18.8 Å². The second kappa shape index (κ2) is 7.06. The first kappa shape index (κ1) is 14.5. The molecule has 3 unspecified atom stereocenters. The first-order valence-corrected chi connectivity index (χ1v) is 7.56. The topological polar surface area (TPSA) is 21.3 Å². The summed E-state index contributed by atoms with van der Waals surface area (Å²) in [4.78, 5) is 0. The van der Waals surface area contributed by atoms with Crippen LogP contribution in [0.15, 0.2) is 24.3 Å². The number of rotatable bonds is 5. The van der Waals surface area contributed by atoms with E-state index < -0.39 is 0 Å². The van der Waals surface area contributed by atoms with E-state index in [1.165, 1.54) is 36.8 Å². The number of hydrogen-bond donors (Lipinski definition) is 1. The molecule has 0 saturated heterocycles. The molecule has 0 bridgehead atoms. The van der Waals surface area contributed by atoms with Gasteiger partial charge in [0.15, 0.2) is 0 Å². The van der Waals surface area contributed by atoms with Crippen LogP contribution < -0.4 is 5.32 Å². The van der Waals surface area contributed by atoms with E-state index in [4.69, 9.17) is 4.74 Å². The molecule has 0 heterocycles. The predicted molar refractivity (Wildman–Crippen MR) is 80.4 cm³/mol. The van der Waals surface area contributed by atoms with Crippen LogP contribution in [0.25, 0.3) is 0 Å². The van der Waals surface area contributed by atoms with Gasteiger partial charge in [0.1, 0.15) is 0 Å². The summed E-state index contributed by atoms with van der Waals surface area (Å²) in [6.07, 6.45) is 5.69. The Balaban J connectivity index is 1.94. The zero-order chi connectivity index (χ0) is 13.7. The summed E-state index contributed by atoms with van der Waals surface area (Å²) in [5.74, 6) is 0.711. The van der Waals surface area contributed by atoms with E-state index in [9.17, 15) is 0 Å². The molecule has 1 fully saturated rings. The second-order valence-electron chi connectivity index (χ2n) is 5.83. The molecule has 0 aromatic heterocycles. The number of benzene rings is 1. The van der Waals surface area contributed by atoms with Crippen LogP contribution in [0.3, 0.4) is 0 Å². The fraction of sp³-hybridized carbons (Fsp3) is 0.647. The van der Waals surface area contributed by atoms with Gasteiger partial charge in [-0.1, -0.05) is 44.0 Å². The monoisotopic (exact) mass is 261 g/mol. The van der Waals surface area contributed by atoms with Gasteiger partial charge < -0.3 is 10.1 Å². The highest BCUT2D eigenvalue weighted by atomic mass is 16.5. The number of likely N-dealkylation sites (N-methyl/N-ethyl adjacent to an activating group) is 1. The summed E-state index contributed by atoms with van der Waals surface area (Å²) in [7, 11) is 2.02. The van der Waals surface area contributed by atoms with Crippen molar-refractivity contribution >= 4 is 0 Å². The van der Waals surface area contributed by atoms with Crippen LogP contribution in [0, 0.1) is 12.8 Å². The van der Waals surface area contributed by atoms with Gasteiger partial charge in [-0.2, -0.15) is 0 Å². The first-order chi connectivity index (χ1) is 9.22. The van der Waals surface area contributed by atoms with Crippen LogP contribution in [0.4, 0.5) is 0 Å². The molecule has 1 aromatic carbocycles. The Labute approximate surface area is 117 Å². The molecule has 1 aliphatic carbocycles. The highest BCUT2D eigenvalue weighted by Crippen LogP contribution is 2.27. The molecule has 0 spiro atoms. The van der Waals surface area contributed by atoms with Gasteiger partial charge in [-0.15, -0.1) is 0 Å². The molecule has 3 atom stereocenters. The Morgan fingerprint density at radius 3 is 2.68 bits per heavy atom. The molecule has 1 saturated carbocycles. The molecule has 0 aliphatic heterocycles. The SMILES string of the molecule is CNC(COC1CCCCC1C)c1ccccc1C. The predicted octanol–water partition coefficient (Wildman–Crippen LogP) is 3.85. The Morgan fingerprint density at radius 1 is 1.26 bits per heavy atom. The Morgan fingerprint density at radius 2 is 2.00 bits per heavy atom. The number of nitrogens with one attached hydrogen (secondary N) is 1. The molecular weight excluding hydrogens is 234 g/mol. The van der Waals surface area contributed by atoms with Crippen LogP contribution in [-0.2, 0) is 4.74 Å². The lowest BCUT2D eigenvalue weighted by atomic mass is 9.88. The lowest BCUT2D eigenvalue weighted by molar-refractivity contribution is -0.0146. The van der Waals surface area contributed by atoms with Gasteiger partial charge in [0, 0.05) is 0 Å². The van der Waals surface area contributed by atoms with Gasteiger partial charge in [-0.25, -0.2) is 0 Å². The van der Waals surface area contributed by atoms with Crippen molar-refractivity contribution in [2.45, 2.75) is 51.7 Å². The third-order valence-electron chi connectivity index (χ3n) is 4.42. The van der Waals surface area contributed by atoms with Crippen LogP contribution in [0.2, 0.25) is 0 Å². The van der Waals surface area contributed by atoms with E-state index in [1.54, 1.807) is 0 Å². The Hall–Kier alpha value is -0.860. The molecule has 19 heavy (non-hydrogen) atoms. The summed E-state index contributed by atoms with van der Waals surface area (Å²) in [5.41, 5.74) is 2.69. The Kier molecular flexibility index (Phi) is 5.41. The molecule has 0 amide bonds. The minimum absolute atomic E-state index is 0.301. The van der Waals surface area contributed by atoms with E-state index >= 15 is 0 Å². The molecule has 1 aromatic rings. The fourth-order valence-corrected chi connectivity index (χ4v) is 3.06. The maximum absolute atomic E-state index is 6.20. The zero-order valence-electron chi connectivity index (χ0n) is 12.5. The summed E-state index contributed by atoms with van der Waals surface area (Å²) in [5, 5.41) is 3.39. The van der Waals surface area contributed by atoms with E-state index in [0.717, 1.165) is 6.61 Å². The first-order valence-electron chi connectivity index (χ1n) is 7.56. The smallest absolute Gasteiger partial charge is 0.0665 e. The molecule has 1 N–H and O–H groups in total. The minimum Gasteiger partial charge on any atom is -0.376 e. The maximum atomic E-state index is 6.20. The fourth-order valence-electron chi connectivity index (χ4n) is 3.06.